The van der Waals surface area contributed by atoms with Crippen molar-refractivity contribution in [3.63, 3.8) is 0 Å². The number of sulfonamides is 1. The van der Waals surface area contributed by atoms with Crippen LogP contribution in [0.4, 0.5) is 0 Å². The third kappa shape index (κ3) is 4.24. The monoisotopic (exact) mass is 221 g/mol. The zero-order valence-electron chi connectivity index (χ0n) is 8.63. The highest BCUT2D eigenvalue weighted by Crippen LogP contribution is 2.18. The Morgan fingerprint density at radius 3 is 2.38 bits per heavy atom. The first-order valence-electron chi connectivity index (χ1n) is 4.78. The fourth-order valence-electron chi connectivity index (χ4n) is 1.48. The Balaban J connectivity index is 2.34. The quantitative estimate of drug-likeness (QED) is 0.732. The highest BCUT2D eigenvalue weighted by atomic mass is 32.2. The van der Waals surface area contributed by atoms with Gasteiger partial charge in [0.15, 0.2) is 0 Å². The van der Waals surface area contributed by atoms with Crippen LogP contribution in [0.25, 0.3) is 0 Å². The van der Waals surface area contributed by atoms with Crippen molar-refractivity contribution >= 4 is 18.1 Å². The van der Waals surface area contributed by atoms with Gasteiger partial charge in [0.2, 0.25) is 10.0 Å². The maximum atomic E-state index is 11.1. The molecule has 0 aliphatic carbocycles. The van der Waals surface area contributed by atoms with Crippen molar-refractivity contribution in [3.05, 3.63) is 0 Å². The molecule has 13 heavy (non-hydrogen) atoms. The Morgan fingerprint density at radius 1 is 1.38 bits per heavy atom. The maximum absolute atomic E-state index is 11.1. The Bertz CT molecular complexity index is 268. The summed E-state index contributed by atoms with van der Waals surface area (Å²) in [7, 11) is -3.90. The third-order valence-corrected chi connectivity index (χ3v) is 5.58. The van der Waals surface area contributed by atoms with Crippen molar-refractivity contribution in [2.75, 3.05) is 5.75 Å². The van der Waals surface area contributed by atoms with E-state index in [2.05, 4.69) is 24.4 Å². The molecule has 0 aromatic carbocycles. The first-order valence-corrected chi connectivity index (χ1v) is 10.1. The molecule has 1 heterocycles. The van der Waals surface area contributed by atoms with E-state index in [0.29, 0.717) is 5.75 Å². The lowest BCUT2D eigenvalue weighted by Gasteiger charge is -2.17. The molecular formula is C8H19NO2SSi. The van der Waals surface area contributed by atoms with E-state index in [-0.39, 0.29) is 6.04 Å². The van der Waals surface area contributed by atoms with Crippen LogP contribution in [-0.2, 0) is 10.0 Å². The van der Waals surface area contributed by atoms with E-state index in [9.17, 15) is 8.42 Å². The van der Waals surface area contributed by atoms with Crippen LogP contribution in [0.5, 0.6) is 0 Å². The van der Waals surface area contributed by atoms with Crippen LogP contribution in [0.1, 0.15) is 12.8 Å². The lowest BCUT2D eigenvalue weighted by atomic mass is 10.2. The predicted molar refractivity (Wildman–Crippen MR) is 58.1 cm³/mol. The minimum absolute atomic E-state index is 0.219. The molecule has 1 fully saturated rings. The van der Waals surface area contributed by atoms with Crippen LogP contribution in [0.3, 0.4) is 0 Å². The Morgan fingerprint density at radius 2 is 2.00 bits per heavy atom. The van der Waals surface area contributed by atoms with Gasteiger partial charge in [0.1, 0.15) is 0 Å². The number of hydrogen-bond acceptors (Lipinski definition) is 2. The van der Waals surface area contributed by atoms with Gasteiger partial charge in [0.25, 0.3) is 0 Å². The zero-order chi connectivity index (χ0) is 10.1. The lowest BCUT2D eigenvalue weighted by Crippen LogP contribution is -2.29. The Labute approximate surface area is 82.0 Å². The number of hydrogen-bond donors (Lipinski definition) is 1. The molecule has 3 nitrogen and oxygen atoms in total. The van der Waals surface area contributed by atoms with Gasteiger partial charge >= 0.3 is 0 Å². The molecule has 0 amide bonds. The molecule has 1 aliphatic heterocycles. The Kier molecular flexibility index (Phi) is 3.19. The minimum Gasteiger partial charge on any atom is -0.212 e. The summed E-state index contributed by atoms with van der Waals surface area (Å²) in [5.41, 5.74) is 0. The second-order valence-corrected chi connectivity index (χ2v) is 12.5. The van der Waals surface area contributed by atoms with E-state index in [1.54, 1.807) is 0 Å². The normalized spacial score (nSPS) is 27.8. The van der Waals surface area contributed by atoms with E-state index >= 15 is 0 Å². The van der Waals surface area contributed by atoms with Crippen LogP contribution in [0, 0.1) is 0 Å². The molecule has 1 saturated heterocycles. The van der Waals surface area contributed by atoms with E-state index in [4.69, 9.17) is 0 Å². The van der Waals surface area contributed by atoms with Crippen LogP contribution < -0.4 is 4.72 Å². The second kappa shape index (κ2) is 3.71. The van der Waals surface area contributed by atoms with Crippen molar-refractivity contribution in [3.8, 4) is 0 Å². The number of nitrogens with one attached hydrogen (secondary N) is 1. The summed E-state index contributed by atoms with van der Waals surface area (Å²) in [5.74, 6) is 0.323. The van der Waals surface area contributed by atoms with E-state index in [1.807, 2.05) is 0 Å². The van der Waals surface area contributed by atoms with Crippen molar-refractivity contribution < 1.29 is 8.42 Å². The summed E-state index contributed by atoms with van der Waals surface area (Å²) in [6, 6.07) is 1.43. The van der Waals surface area contributed by atoms with E-state index in [0.717, 1.165) is 12.8 Å². The molecule has 0 bridgehead atoms. The van der Waals surface area contributed by atoms with E-state index < -0.39 is 18.1 Å². The summed E-state index contributed by atoms with van der Waals surface area (Å²) < 4.78 is 24.8. The molecule has 1 N–H and O–H groups in total. The lowest BCUT2D eigenvalue weighted by molar-refractivity contribution is 0.573. The van der Waals surface area contributed by atoms with Gasteiger partial charge in [0.05, 0.1) is 5.75 Å². The van der Waals surface area contributed by atoms with Gasteiger partial charge < -0.3 is 0 Å². The SMILES string of the molecule is C[Si](C)(C)CCC1CCS(=O)(=O)N1. The molecule has 5 heteroatoms. The summed E-state index contributed by atoms with van der Waals surface area (Å²) in [5, 5.41) is 0. The van der Waals surface area contributed by atoms with Crippen molar-refractivity contribution in [2.24, 2.45) is 0 Å². The van der Waals surface area contributed by atoms with Gasteiger partial charge in [0, 0.05) is 14.1 Å². The highest BCUT2D eigenvalue weighted by Gasteiger charge is 2.27. The molecule has 1 unspecified atom stereocenters. The summed E-state index contributed by atoms with van der Waals surface area (Å²) in [6.07, 6.45) is 1.82. The van der Waals surface area contributed by atoms with Gasteiger partial charge in [-0.3, -0.25) is 0 Å². The van der Waals surface area contributed by atoms with Gasteiger partial charge in [-0.05, 0) is 12.8 Å². The molecule has 78 valence electrons. The smallest absolute Gasteiger partial charge is 0.211 e. The van der Waals surface area contributed by atoms with Gasteiger partial charge in [-0.25, -0.2) is 13.1 Å². The summed E-state index contributed by atoms with van der Waals surface area (Å²) in [4.78, 5) is 0. The van der Waals surface area contributed by atoms with Crippen molar-refractivity contribution in [1.29, 1.82) is 0 Å². The van der Waals surface area contributed by atoms with Gasteiger partial charge in [-0.15, -0.1) is 0 Å². The maximum Gasteiger partial charge on any atom is 0.211 e. The average Bonchev–Trinajstić information content (AvgIpc) is 2.24. The van der Waals surface area contributed by atoms with Crippen LogP contribution in [-0.4, -0.2) is 28.3 Å². The highest BCUT2D eigenvalue weighted by molar-refractivity contribution is 7.89. The molecule has 0 aromatic rings. The Hall–Kier alpha value is 0.127. The number of rotatable bonds is 3. The molecule has 0 saturated carbocycles. The zero-order valence-corrected chi connectivity index (χ0v) is 10.4. The van der Waals surface area contributed by atoms with Crippen LogP contribution >= 0.6 is 0 Å². The fourth-order valence-corrected chi connectivity index (χ4v) is 4.15. The standard InChI is InChI=1S/C8H19NO2SSi/c1-13(2,3)7-5-8-4-6-12(10,11)9-8/h8-9H,4-7H2,1-3H3. The largest absolute Gasteiger partial charge is 0.212 e. The summed E-state index contributed by atoms with van der Waals surface area (Å²) in [6.45, 7) is 6.95. The van der Waals surface area contributed by atoms with Crippen molar-refractivity contribution in [1.82, 2.24) is 4.72 Å². The molecule has 0 radical (unpaired) electrons. The fraction of sp³-hybridized carbons (Fsp3) is 1.00. The van der Waals surface area contributed by atoms with Crippen LogP contribution in [0.2, 0.25) is 25.7 Å². The van der Waals surface area contributed by atoms with E-state index in [1.165, 1.54) is 6.04 Å². The summed E-state index contributed by atoms with van der Waals surface area (Å²) >= 11 is 0. The first kappa shape index (κ1) is 11.2. The topological polar surface area (TPSA) is 46.2 Å². The minimum atomic E-state index is -2.90. The predicted octanol–water partition coefficient (Wildman–Crippen LogP) is 1.41. The van der Waals surface area contributed by atoms with Gasteiger partial charge in [-0.2, -0.15) is 0 Å². The average molecular weight is 221 g/mol. The van der Waals surface area contributed by atoms with Gasteiger partial charge in [-0.1, -0.05) is 25.7 Å². The third-order valence-electron chi connectivity index (χ3n) is 2.32. The second-order valence-electron chi connectivity index (χ2n) is 5.02. The molecule has 1 atom stereocenters. The first-order chi connectivity index (χ1) is 5.79. The molecule has 0 spiro atoms. The molecule has 1 rings (SSSR count). The van der Waals surface area contributed by atoms with Crippen molar-refractivity contribution in [2.45, 2.75) is 44.6 Å². The van der Waals surface area contributed by atoms with Crippen LogP contribution in [0.15, 0.2) is 0 Å². The molecule has 1 aliphatic rings. The molecule has 0 aromatic heterocycles. The molecular weight excluding hydrogens is 202 g/mol.